The van der Waals surface area contributed by atoms with Crippen LogP contribution < -0.4 is 0 Å². The van der Waals surface area contributed by atoms with Crippen molar-refractivity contribution in [2.45, 2.75) is 19.9 Å². The van der Waals surface area contributed by atoms with Crippen LogP contribution in [0, 0.1) is 24.1 Å². The molecule has 0 saturated carbocycles. The Kier molecular flexibility index (Phi) is 4.19. The summed E-state index contributed by atoms with van der Waals surface area (Å²) in [7, 11) is 2.10. The number of hydrogen-bond acceptors (Lipinski definition) is 5. The van der Waals surface area contributed by atoms with E-state index >= 15 is 0 Å². The molecule has 0 aliphatic carbocycles. The fourth-order valence-electron chi connectivity index (χ4n) is 3.93. The molecule has 2 aromatic carbocycles. The molecule has 0 amide bonds. The minimum Gasteiger partial charge on any atom is -0.300 e. The Morgan fingerprint density at radius 3 is 2.97 bits per heavy atom. The summed E-state index contributed by atoms with van der Waals surface area (Å²) < 4.78 is 14.6. The van der Waals surface area contributed by atoms with Crippen molar-refractivity contribution < 1.29 is 4.39 Å². The van der Waals surface area contributed by atoms with Crippen LogP contribution in [0.15, 0.2) is 30.3 Å². The Hall–Kier alpha value is -3.08. The van der Waals surface area contributed by atoms with Crippen molar-refractivity contribution in [3.8, 4) is 27.9 Å². The molecule has 0 bridgehead atoms. The quantitative estimate of drug-likeness (QED) is 0.528. The van der Waals surface area contributed by atoms with Gasteiger partial charge in [-0.3, -0.25) is 5.10 Å². The maximum Gasteiger partial charge on any atom is 0.144 e. The van der Waals surface area contributed by atoms with Crippen molar-refractivity contribution in [1.29, 1.82) is 5.26 Å². The topological polar surface area (TPSA) is 68.6 Å². The molecule has 0 fully saturated rings. The minimum absolute atomic E-state index is 0.335. The highest BCUT2D eigenvalue weighted by atomic mass is 32.1. The zero-order chi connectivity index (χ0) is 20.1. The van der Waals surface area contributed by atoms with E-state index < -0.39 is 0 Å². The van der Waals surface area contributed by atoms with Crippen molar-refractivity contribution in [1.82, 2.24) is 20.1 Å². The molecule has 0 unspecified atom stereocenters. The summed E-state index contributed by atoms with van der Waals surface area (Å²) in [6, 6.07) is 10.8. The van der Waals surface area contributed by atoms with Crippen LogP contribution in [-0.4, -0.2) is 33.7 Å². The van der Waals surface area contributed by atoms with Crippen LogP contribution in [0.3, 0.4) is 0 Å². The number of nitrogens with zero attached hydrogens (tertiary/aromatic N) is 4. The molecule has 4 aromatic rings. The van der Waals surface area contributed by atoms with Crippen LogP contribution in [0.1, 0.15) is 21.7 Å². The lowest BCUT2D eigenvalue weighted by Crippen LogP contribution is -2.25. The van der Waals surface area contributed by atoms with Crippen LogP contribution in [-0.2, 0) is 13.0 Å². The average molecular weight is 403 g/mol. The first-order chi connectivity index (χ1) is 14.0. The van der Waals surface area contributed by atoms with Gasteiger partial charge in [0.25, 0.3) is 0 Å². The van der Waals surface area contributed by atoms with Gasteiger partial charge in [-0.2, -0.15) is 10.4 Å². The van der Waals surface area contributed by atoms with Crippen LogP contribution in [0.2, 0.25) is 0 Å². The van der Waals surface area contributed by atoms with Gasteiger partial charge in [0.1, 0.15) is 16.5 Å². The van der Waals surface area contributed by atoms with Gasteiger partial charge >= 0.3 is 0 Å². The van der Waals surface area contributed by atoms with Gasteiger partial charge < -0.3 is 4.90 Å². The molecule has 1 aliphatic rings. The Balaban J connectivity index is 1.71. The summed E-state index contributed by atoms with van der Waals surface area (Å²) in [6.07, 6.45) is 0.990. The minimum atomic E-state index is -0.335. The number of fused-ring (bicyclic) bond motifs is 2. The predicted molar refractivity (Wildman–Crippen MR) is 112 cm³/mol. The van der Waals surface area contributed by atoms with Crippen LogP contribution in [0.25, 0.3) is 32.7 Å². The Morgan fingerprint density at radius 1 is 1.31 bits per heavy atom. The highest BCUT2D eigenvalue weighted by Crippen LogP contribution is 2.38. The smallest absolute Gasteiger partial charge is 0.144 e. The Bertz CT molecular complexity index is 1280. The van der Waals surface area contributed by atoms with Gasteiger partial charge in [-0.15, -0.1) is 11.3 Å². The van der Waals surface area contributed by atoms with E-state index in [4.69, 9.17) is 4.98 Å². The van der Waals surface area contributed by atoms with Crippen molar-refractivity contribution in [2.24, 2.45) is 0 Å². The third kappa shape index (κ3) is 2.92. The molecule has 0 spiro atoms. The fraction of sp³-hybridized carbons (Fsp3) is 0.227. The molecule has 1 aliphatic heterocycles. The molecule has 5 rings (SSSR count). The first kappa shape index (κ1) is 18.0. The van der Waals surface area contributed by atoms with Gasteiger partial charge in [-0.05, 0) is 44.2 Å². The predicted octanol–water partition coefficient (Wildman–Crippen LogP) is 4.66. The molecule has 7 heteroatoms. The molecule has 0 atom stereocenters. The van der Waals surface area contributed by atoms with Crippen molar-refractivity contribution in [3.63, 3.8) is 0 Å². The molecule has 0 radical (unpaired) electrons. The van der Waals surface area contributed by atoms with Gasteiger partial charge in [0.15, 0.2) is 0 Å². The molecule has 0 saturated heterocycles. The zero-order valence-electron chi connectivity index (χ0n) is 16.1. The maximum atomic E-state index is 14.6. The van der Waals surface area contributed by atoms with Gasteiger partial charge in [0, 0.05) is 34.5 Å². The van der Waals surface area contributed by atoms with E-state index in [0.29, 0.717) is 16.7 Å². The summed E-state index contributed by atoms with van der Waals surface area (Å²) in [4.78, 5) is 8.38. The maximum absolute atomic E-state index is 14.6. The van der Waals surface area contributed by atoms with E-state index in [9.17, 15) is 9.65 Å². The number of rotatable bonds is 2. The second-order valence-electron chi connectivity index (χ2n) is 7.44. The molecular formula is C22H18FN5S. The number of H-pyrrole nitrogens is 1. The molecule has 2 aromatic heterocycles. The number of aryl methyl sites for hydroxylation is 1. The molecular weight excluding hydrogens is 385 g/mol. The normalized spacial score (nSPS) is 14.1. The number of benzene rings is 2. The number of thiazole rings is 1. The van der Waals surface area contributed by atoms with Crippen LogP contribution in [0.5, 0.6) is 0 Å². The van der Waals surface area contributed by atoms with Crippen molar-refractivity contribution in [3.05, 3.63) is 57.8 Å². The number of aromatic nitrogens is 3. The lowest BCUT2D eigenvalue weighted by molar-refractivity contribution is 0.311. The zero-order valence-corrected chi connectivity index (χ0v) is 16.9. The lowest BCUT2D eigenvalue weighted by atomic mass is 9.94. The fourth-order valence-corrected chi connectivity index (χ4v) is 4.99. The molecule has 1 N–H and O–H groups in total. The van der Waals surface area contributed by atoms with Gasteiger partial charge in [0.05, 0.1) is 22.8 Å². The summed E-state index contributed by atoms with van der Waals surface area (Å²) >= 11 is 1.67. The molecule has 29 heavy (non-hydrogen) atoms. The largest absolute Gasteiger partial charge is 0.300 e. The first-order valence-electron chi connectivity index (χ1n) is 9.40. The van der Waals surface area contributed by atoms with Crippen LogP contribution >= 0.6 is 11.3 Å². The number of nitrogens with one attached hydrogen (secondary N) is 1. The third-order valence-corrected chi connectivity index (χ3v) is 6.60. The van der Waals surface area contributed by atoms with Crippen molar-refractivity contribution >= 4 is 22.2 Å². The lowest BCUT2D eigenvalue weighted by Gasteiger charge is -2.20. The Labute approximate surface area is 171 Å². The van der Waals surface area contributed by atoms with E-state index in [1.54, 1.807) is 23.5 Å². The number of hydrogen-bond donors (Lipinski definition) is 1. The van der Waals surface area contributed by atoms with E-state index in [0.717, 1.165) is 52.4 Å². The van der Waals surface area contributed by atoms with Gasteiger partial charge in [-0.1, -0.05) is 12.1 Å². The van der Waals surface area contributed by atoms with Crippen molar-refractivity contribution in [2.75, 3.05) is 13.6 Å². The van der Waals surface area contributed by atoms with E-state index in [1.807, 2.05) is 19.1 Å². The van der Waals surface area contributed by atoms with Crippen LogP contribution in [0.4, 0.5) is 4.39 Å². The monoisotopic (exact) mass is 403 g/mol. The number of nitriles is 1. The van der Waals surface area contributed by atoms with Gasteiger partial charge in [0.2, 0.25) is 0 Å². The Morgan fingerprint density at radius 2 is 2.17 bits per heavy atom. The standard InChI is InChI=1S/C22H18FN5S/c1-12-4-3-5-16(23)20(12)14-9-15-17(8-13(14)10-24)26-27-21(15)22-25-18-11-28(2)7-6-19(18)29-22/h3-5,8-9H,6-7,11H2,1-2H3,(H,26,27). The second-order valence-corrected chi connectivity index (χ2v) is 8.52. The van der Waals surface area contributed by atoms with E-state index in [1.165, 1.54) is 10.9 Å². The van der Waals surface area contributed by atoms with Gasteiger partial charge in [-0.25, -0.2) is 9.37 Å². The highest BCUT2D eigenvalue weighted by Gasteiger charge is 2.22. The third-order valence-electron chi connectivity index (χ3n) is 5.43. The summed E-state index contributed by atoms with van der Waals surface area (Å²) in [6.45, 7) is 3.72. The summed E-state index contributed by atoms with van der Waals surface area (Å²) in [5.41, 5.74) is 4.85. The number of aromatic amines is 1. The number of likely N-dealkylation sites (N-methyl/N-ethyl adjacent to an activating group) is 1. The number of halogens is 1. The first-order valence-corrected chi connectivity index (χ1v) is 10.2. The average Bonchev–Trinajstić information content (AvgIpc) is 3.30. The highest BCUT2D eigenvalue weighted by molar-refractivity contribution is 7.15. The summed E-state index contributed by atoms with van der Waals surface area (Å²) in [5.74, 6) is -0.335. The second kappa shape index (κ2) is 6.76. The van der Waals surface area contributed by atoms with E-state index in [2.05, 4.69) is 28.2 Å². The van der Waals surface area contributed by atoms with E-state index in [-0.39, 0.29) is 5.82 Å². The summed E-state index contributed by atoms with van der Waals surface area (Å²) in [5, 5.41) is 18.9. The molecule has 5 nitrogen and oxygen atoms in total. The molecule has 144 valence electrons. The SMILES string of the molecule is Cc1cccc(F)c1-c1cc2c(-c3nc4c(s3)CCN(C)C4)n[nH]c2cc1C#N. The molecule has 3 heterocycles.